The minimum atomic E-state index is -0.535. The van der Waals surface area contributed by atoms with Crippen LogP contribution in [0.4, 0.5) is 10.5 Å². The van der Waals surface area contributed by atoms with Gasteiger partial charge in [-0.3, -0.25) is 0 Å². The number of hydrogen-bond donors (Lipinski definition) is 2. The van der Waals surface area contributed by atoms with Crippen LogP contribution in [0.3, 0.4) is 0 Å². The van der Waals surface area contributed by atoms with Crippen LogP contribution in [0.1, 0.15) is 20.8 Å². The predicted molar refractivity (Wildman–Crippen MR) is 102 cm³/mol. The molecule has 0 atom stereocenters. The van der Waals surface area contributed by atoms with Gasteiger partial charge in [0.1, 0.15) is 29.5 Å². The average molecular weight is 379 g/mol. The van der Waals surface area contributed by atoms with E-state index in [1.807, 2.05) is 0 Å². The number of hydrogen-bond acceptors (Lipinski definition) is 5. The molecule has 140 valence electrons. The molecular weight excluding hydrogens is 356 g/mol. The van der Waals surface area contributed by atoms with Crippen LogP contribution in [0, 0.1) is 0 Å². The lowest BCUT2D eigenvalue weighted by atomic mass is 10.2. The third kappa shape index (κ3) is 7.11. The van der Waals surface area contributed by atoms with Crippen molar-refractivity contribution < 1.29 is 19.0 Å². The molecule has 0 radical (unpaired) electrons. The quantitative estimate of drug-likeness (QED) is 0.566. The molecule has 2 rings (SSSR count). The molecule has 0 aromatic heterocycles. The molecule has 2 aromatic rings. The zero-order valence-electron chi connectivity index (χ0n) is 15.0. The van der Waals surface area contributed by atoms with Crippen molar-refractivity contribution in [2.45, 2.75) is 26.4 Å². The van der Waals surface area contributed by atoms with Gasteiger partial charge >= 0.3 is 6.09 Å². The first-order valence-electron chi connectivity index (χ1n) is 8.15. The van der Waals surface area contributed by atoms with Gasteiger partial charge in [-0.15, -0.1) is 0 Å². The highest BCUT2D eigenvalue weighted by molar-refractivity contribution is 6.30. The summed E-state index contributed by atoms with van der Waals surface area (Å²) >= 11 is 5.86. The highest BCUT2D eigenvalue weighted by atomic mass is 35.5. The van der Waals surface area contributed by atoms with Gasteiger partial charge in [-0.05, 0) is 45.0 Å². The van der Waals surface area contributed by atoms with Gasteiger partial charge in [0.25, 0.3) is 0 Å². The number of benzene rings is 2. The maximum atomic E-state index is 11.6. The number of amides is 1. The van der Waals surface area contributed by atoms with Crippen LogP contribution in [-0.2, 0) is 4.74 Å². The summed E-state index contributed by atoms with van der Waals surface area (Å²) in [5, 5.41) is 3.25. The average Bonchev–Trinajstić information content (AvgIpc) is 2.52. The van der Waals surface area contributed by atoms with Crippen molar-refractivity contribution >= 4 is 23.4 Å². The lowest BCUT2D eigenvalue weighted by Gasteiger charge is -2.19. The molecular formula is C19H23ClN2O4. The number of nitrogens with one attached hydrogen (secondary N) is 1. The molecule has 0 aliphatic heterocycles. The van der Waals surface area contributed by atoms with E-state index in [9.17, 15) is 4.79 Å². The van der Waals surface area contributed by atoms with Crippen molar-refractivity contribution in [2.24, 2.45) is 0 Å². The zero-order valence-corrected chi connectivity index (χ0v) is 15.8. The van der Waals surface area contributed by atoms with Crippen molar-refractivity contribution in [3.63, 3.8) is 0 Å². The summed E-state index contributed by atoms with van der Waals surface area (Å²) in [6, 6.07) is 12.1. The summed E-state index contributed by atoms with van der Waals surface area (Å²) in [4.78, 5) is 11.6. The molecule has 0 aliphatic carbocycles. The number of rotatable bonds is 6. The molecule has 0 heterocycles. The smallest absolute Gasteiger partial charge is 0.407 e. The van der Waals surface area contributed by atoms with Gasteiger partial charge in [0.2, 0.25) is 0 Å². The number of anilines is 1. The normalized spacial score (nSPS) is 10.9. The van der Waals surface area contributed by atoms with E-state index < -0.39 is 11.7 Å². The van der Waals surface area contributed by atoms with E-state index in [0.29, 0.717) is 34.5 Å². The van der Waals surface area contributed by atoms with E-state index in [1.165, 1.54) is 0 Å². The third-order valence-corrected chi connectivity index (χ3v) is 3.24. The van der Waals surface area contributed by atoms with Crippen LogP contribution >= 0.6 is 11.6 Å². The first-order chi connectivity index (χ1) is 12.2. The molecule has 7 heteroatoms. The van der Waals surface area contributed by atoms with Crippen LogP contribution in [0.25, 0.3) is 0 Å². The Kier molecular flexibility index (Phi) is 6.58. The molecule has 1 amide bonds. The van der Waals surface area contributed by atoms with E-state index in [2.05, 4.69) is 5.32 Å². The van der Waals surface area contributed by atoms with Crippen LogP contribution in [0.5, 0.6) is 17.2 Å². The highest BCUT2D eigenvalue weighted by Crippen LogP contribution is 2.29. The second kappa shape index (κ2) is 8.67. The van der Waals surface area contributed by atoms with Gasteiger partial charge in [0.05, 0.1) is 6.54 Å². The Morgan fingerprint density at radius 2 is 1.73 bits per heavy atom. The van der Waals surface area contributed by atoms with Crippen molar-refractivity contribution in [1.82, 2.24) is 5.32 Å². The lowest BCUT2D eigenvalue weighted by molar-refractivity contribution is 0.0520. The first kappa shape index (κ1) is 19.7. The SMILES string of the molecule is CC(C)(C)OC(=O)NCCOc1cc(N)cc(Oc2ccc(Cl)cc2)c1. The third-order valence-electron chi connectivity index (χ3n) is 2.99. The molecule has 0 spiro atoms. The Hall–Kier alpha value is -2.60. The molecule has 0 fully saturated rings. The molecule has 0 unspecified atom stereocenters. The van der Waals surface area contributed by atoms with Gasteiger partial charge in [-0.25, -0.2) is 4.79 Å². The van der Waals surface area contributed by atoms with E-state index in [4.69, 9.17) is 31.5 Å². The fraction of sp³-hybridized carbons (Fsp3) is 0.316. The molecule has 3 N–H and O–H groups in total. The fourth-order valence-electron chi connectivity index (χ4n) is 2.01. The molecule has 0 aliphatic rings. The summed E-state index contributed by atoms with van der Waals surface area (Å²) in [6.07, 6.45) is -0.486. The largest absolute Gasteiger partial charge is 0.492 e. The number of ether oxygens (including phenoxy) is 3. The molecule has 2 aromatic carbocycles. The topological polar surface area (TPSA) is 82.8 Å². The summed E-state index contributed by atoms with van der Waals surface area (Å²) in [7, 11) is 0. The minimum absolute atomic E-state index is 0.267. The summed E-state index contributed by atoms with van der Waals surface area (Å²) < 4.78 is 16.5. The van der Waals surface area contributed by atoms with E-state index in [1.54, 1.807) is 63.2 Å². The van der Waals surface area contributed by atoms with E-state index in [-0.39, 0.29) is 6.61 Å². The molecule has 6 nitrogen and oxygen atoms in total. The number of carbonyl (C=O) groups is 1. The first-order valence-corrected chi connectivity index (χ1v) is 8.53. The molecule has 0 saturated carbocycles. The van der Waals surface area contributed by atoms with E-state index >= 15 is 0 Å². The van der Waals surface area contributed by atoms with Crippen LogP contribution < -0.4 is 20.5 Å². The van der Waals surface area contributed by atoms with Crippen molar-refractivity contribution in [3.05, 3.63) is 47.5 Å². The zero-order chi connectivity index (χ0) is 19.2. The second-order valence-electron chi connectivity index (χ2n) is 6.57. The minimum Gasteiger partial charge on any atom is -0.492 e. The highest BCUT2D eigenvalue weighted by Gasteiger charge is 2.15. The summed E-state index contributed by atoms with van der Waals surface area (Å²) in [5.74, 6) is 1.72. The fourth-order valence-corrected chi connectivity index (χ4v) is 2.14. The Bertz CT molecular complexity index is 742. The second-order valence-corrected chi connectivity index (χ2v) is 7.01. The number of halogens is 1. The number of carbonyl (C=O) groups excluding carboxylic acids is 1. The maximum absolute atomic E-state index is 11.6. The van der Waals surface area contributed by atoms with E-state index in [0.717, 1.165) is 0 Å². The van der Waals surface area contributed by atoms with Gasteiger partial charge in [0, 0.05) is 28.9 Å². The van der Waals surface area contributed by atoms with Crippen molar-refractivity contribution in [1.29, 1.82) is 0 Å². The predicted octanol–water partition coefficient (Wildman–Crippen LogP) is 4.62. The van der Waals surface area contributed by atoms with Gasteiger partial charge in [-0.2, -0.15) is 0 Å². The van der Waals surface area contributed by atoms with Crippen molar-refractivity contribution in [3.8, 4) is 17.2 Å². The molecule has 0 saturated heterocycles. The number of nitrogens with two attached hydrogens (primary N) is 1. The number of alkyl carbamates (subject to hydrolysis) is 1. The lowest BCUT2D eigenvalue weighted by Crippen LogP contribution is -2.34. The molecule has 26 heavy (non-hydrogen) atoms. The Morgan fingerprint density at radius 3 is 2.38 bits per heavy atom. The Morgan fingerprint density at radius 1 is 1.08 bits per heavy atom. The van der Waals surface area contributed by atoms with Gasteiger partial charge in [-0.1, -0.05) is 11.6 Å². The van der Waals surface area contributed by atoms with Crippen LogP contribution in [-0.4, -0.2) is 24.8 Å². The Labute approximate surface area is 158 Å². The van der Waals surface area contributed by atoms with Gasteiger partial charge in [0.15, 0.2) is 0 Å². The summed E-state index contributed by atoms with van der Waals surface area (Å²) in [6.45, 7) is 5.98. The maximum Gasteiger partial charge on any atom is 0.407 e. The summed E-state index contributed by atoms with van der Waals surface area (Å²) in [5.41, 5.74) is 5.86. The number of nitrogen functional groups attached to an aromatic ring is 1. The molecule has 0 bridgehead atoms. The Balaban J connectivity index is 1.87. The van der Waals surface area contributed by atoms with Crippen molar-refractivity contribution in [2.75, 3.05) is 18.9 Å². The van der Waals surface area contributed by atoms with Crippen LogP contribution in [0.2, 0.25) is 5.02 Å². The van der Waals surface area contributed by atoms with Gasteiger partial charge < -0.3 is 25.3 Å². The monoisotopic (exact) mass is 378 g/mol. The standard InChI is InChI=1S/C19H23ClN2O4/c1-19(2,3)26-18(23)22-8-9-24-16-10-14(21)11-17(12-16)25-15-6-4-13(20)5-7-15/h4-7,10-12H,8-9,21H2,1-3H3,(H,22,23). The van der Waals surface area contributed by atoms with Crippen LogP contribution in [0.15, 0.2) is 42.5 Å².